The number of unbranched alkanes of at least 4 members (excludes halogenated alkanes) is 6. The predicted molar refractivity (Wildman–Crippen MR) is 171 cm³/mol. The van der Waals surface area contributed by atoms with Gasteiger partial charge in [-0.2, -0.15) is 0 Å². The minimum Gasteiger partial charge on any atom is -0.352 e. The monoisotopic (exact) mass is 592 g/mol. The molecule has 2 heterocycles. The van der Waals surface area contributed by atoms with Crippen molar-refractivity contribution in [3.8, 4) is 0 Å². The molecule has 8 nitrogen and oxygen atoms in total. The lowest BCUT2D eigenvalue weighted by Crippen LogP contribution is -2.62. The van der Waals surface area contributed by atoms with Crippen LogP contribution in [0.3, 0.4) is 0 Å². The van der Waals surface area contributed by atoms with Crippen molar-refractivity contribution in [3.63, 3.8) is 0 Å². The van der Waals surface area contributed by atoms with Crippen LogP contribution in [-0.2, 0) is 25.6 Å². The topological polar surface area (TPSA) is 108 Å². The van der Waals surface area contributed by atoms with Crippen molar-refractivity contribution in [2.24, 2.45) is 5.92 Å². The number of amides is 4. The number of hydrogen-bond acceptors (Lipinski definition) is 4. The summed E-state index contributed by atoms with van der Waals surface area (Å²) in [6.07, 6.45) is 17.1. The second kappa shape index (κ2) is 17.6. The first-order valence-corrected chi connectivity index (χ1v) is 16.3. The van der Waals surface area contributed by atoms with Crippen LogP contribution in [0, 0.1) is 5.92 Å². The van der Waals surface area contributed by atoms with Gasteiger partial charge < -0.3 is 20.9 Å². The Morgan fingerprint density at radius 3 is 2.47 bits per heavy atom. The summed E-state index contributed by atoms with van der Waals surface area (Å²) in [5.74, 6) is -0.803. The molecule has 0 aromatic heterocycles. The Morgan fingerprint density at radius 2 is 1.74 bits per heavy atom. The average molecular weight is 593 g/mol. The lowest BCUT2D eigenvalue weighted by molar-refractivity contribution is -0.146. The molecule has 3 rings (SSSR count). The van der Waals surface area contributed by atoms with Gasteiger partial charge in [0.1, 0.15) is 11.6 Å². The molecule has 0 saturated carbocycles. The SMILES string of the molecule is CCCCCCCCCC(=O)N1CCC[C@]1(Cc1ccccc1)C(=O)N[C@H]1/C=C/CCNC(=O)/C=C/[C@H](C(C)C)NC1=O. The number of carbonyl (C=O) groups is 4. The summed E-state index contributed by atoms with van der Waals surface area (Å²) in [6.45, 7) is 7.09. The Kier molecular flexibility index (Phi) is 14.0. The van der Waals surface area contributed by atoms with Crippen molar-refractivity contribution in [1.29, 1.82) is 0 Å². The Balaban J connectivity index is 1.81. The van der Waals surface area contributed by atoms with Crippen molar-refractivity contribution >= 4 is 23.6 Å². The molecule has 8 heteroatoms. The van der Waals surface area contributed by atoms with Gasteiger partial charge in [-0.3, -0.25) is 19.2 Å². The maximum Gasteiger partial charge on any atom is 0.247 e. The quantitative estimate of drug-likeness (QED) is 0.222. The van der Waals surface area contributed by atoms with E-state index < -0.39 is 11.6 Å². The second-order valence-corrected chi connectivity index (χ2v) is 12.3. The summed E-state index contributed by atoms with van der Waals surface area (Å²) in [6, 6.07) is 8.52. The maximum atomic E-state index is 14.3. The Morgan fingerprint density at radius 1 is 1.02 bits per heavy atom. The molecule has 43 heavy (non-hydrogen) atoms. The van der Waals surface area contributed by atoms with Crippen LogP contribution in [0.1, 0.15) is 97.0 Å². The molecule has 1 aromatic rings. The molecule has 4 amide bonds. The van der Waals surface area contributed by atoms with Crippen LogP contribution in [-0.4, -0.2) is 59.2 Å². The summed E-state index contributed by atoms with van der Waals surface area (Å²) in [5.41, 5.74) is -0.0874. The fourth-order valence-electron chi connectivity index (χ4n) is 5.97. The zero-order chi connectivity index (χ0) is 31.1. The smallest absolute Gasteiger partial charge is 0.247 e. The van der Waals surface area contributed by atoms with E-state index in [4.69, 9.17) is 0 Å². The Bertz CT molecular complexity index is 1120. The number of likely N-dealkylation sites (tertiary alicyclic amines) is 1. The molecule has 3 atom stereocenters. The van der Waals surface area contributed by atoms with E-state index in [-0.39, 0.29) is 35.6 Å². The highest BCUT2D eigenvalue weighted by atomic mass is 16.2. The Hall–Kier alpha value is -3.42. The van der Waals surface area contributed by atoms with E-state index in [2.05, 4.69) is 22.9 Å². The van der Waals surface area contributed by atoms with Crippen LogP contribution in [0.25, 0.3) is 0 Å². The normalized spacial score (nSPS) is 24.4. The van der Waals surface area contributed by atoms with Crippen molar-refractivity contribution in [3.05, 3.63) is 60.2 Å². The van der Waals surface area contributed by atoms with Crippen LogP contribution in [0.4, 0.5) is 0 Å². The zero-order valence-electron chi connectivity index (χ0n) is 26.4. The number of benzene rings is 1. The first kappa shape index (κ1) is 34.1. The number of rotatable bonds is 13. The summed E-state index contributed by atoms with van der Waals surface area (Å²) in [4.78, 5) is 55.4. The molecule has 1 aromatic carbocycles. The fourth-order valence-corrected chi connectivity index (χ4v) is 5.97. The molecule has 1 fully saturated rings. The number of carbonyl (C=O) groups excluding carboxylic acids is 4. The minimum atomic E-state index is -1.07. The minimum absolute atomic E-state index is 0.0107. The van der Waals surface area contributed by atoms with Crippen LogP contribution in [0.5, 0.6) is 0 Å². The second-order valence-electron chi connectivity index (χ2n) is 12.3. The van der Waals surface area contributed by atoms with Gasteiger partial charge in [-0.05, 0) is 37.2 Å². The fraction of sp³-hybridized carbons (Fsp3) is 0.600. The number of nitrogens with one attached hydrogen (secondary N) is 3. The molecule has 0 aliphatic carbocycles. The van der Waals surface area contributed by atoms with Gasteiger partial charge in [0.2, 0.25) is 23.6 Å². The first-order chi connectivity index (χ1) is 20.8. The summed E-state index contributed by atoms with van der Waals surface area (Å²) < 4.78 is 0. The summed E-state index contributed by atoms with van der Waals surface area (Å²) in [7, 11) is 0. The van der Waals surface area contributed by atoms with Gasteiger partial charge >= 0.3 is 0 Å². The van der Waals surface area contributed by atoms with Gasteiger partial charge in [0.15, 0.2) is 0 Å². The highest BCUT2D eigenvalue weighted by Crippen LogP contribution is 2.34. The third kappa shape index (κ3) is 10.4. The molecule has 0 spiro atoms. The lowest BCUT2D eigenvalue weighted by atomic mass is 9.86. The molecular formula is C35H52N4O4. The van der Waals surface area contributed by atoms with Crippen molar-refractivity contribution in [2.75, 3.05) is 13.1 Å². The summed E-state index contributed by atoms with van der Waals surface area (Å²) in [5, 5.41) is 8.86. The standard InChI is InChI=1S/C35H52N4O4/c1-4-5-6-7-8-9-13-20-32(41)39-25-16-23-35(39,26-28-17-11-10-12-18-28)34(43)38-30-19-14-15-24-36-31(40)22-21-29(27(2)3)37-33(30)42/h10-12,14,17-19,21-22,27,29-30H,4-9,13,15-16,20,23-26H2,1-3H3,(H,36,40)(H,37,42)(H,38,43)/b19-14+,22-21+/t29-,30+,35+/m1/s1. The van der Waals surface area contributed by atoms with Gasteiger partial charge in [-0.15, -0.1) is 0 Å². The van der Waals surface area contributed by atoms with Gasteiger partial charge in [-0.25, -0.2) is 0 Å². The lowest BCUT2D eigenvalue weighted by Gasteiger charge is -2.38. The molecule has 3 N–H and O–H groups in total. The zero-order valence-corrected chi connectivity index (χ0v) is 26.4. The maximum absolute atomic E-state index is 14.3. The van der Waals surface area contributed by atoms with E-state index in [1.165, 1.54) is 31.8 Å². The van der Waals surface area contributed by atoms with E-state index in [1.54, 1.807) is 17.1 Å². The van der Waals surface area contributed by atoms with Gasteiger partial charge in [0, 0.05) is 38.0 Å². The molecule has 236 valence electrons. The van der Waals surface area contributed by atoms with Crippen molar-refractivity contribution in [2.45, 2.75) is 115 Å². The largest absolute Gasteiger partial charge is 0.352 e. The highest BCUT2D eigenvalue weighted by Gasteiger charge is 2.50. The number of nitrogens with zero attached hydrogens (tertiary/aromatic N) is 1. The van der Waals surface area contributed by atoms with E-state index in [1.807, 2.05) is 50.3 Å². The molecule has 2 aliphatic rings. The molecular weight excluding hydrogens is 540 g/mol. The predicted octanol–water partition coefficient (Wildman–Crippen LogP) is 4.99. The van der Waals surface area contributed by atoms with Crippen molar-refractivity contribution in [1.82, 2.24) is 20.9 Å². The van der Waals surface area contributed by atoms with Gasteiger partial charge in [0.25, 0.3) is 0 Å². The molecule has 2 aliphatic heterocycles. The van der Waals surface area contributed by atoms with Crippen LogP contribution >= 0.6 is 0 Å². The summed E-state index contributed by atoms with van der Waals surface area (Å²) >= 11 is 0. The molecule has 0 bridgehead atoms. The third-order valence-electron chi connectivity index (χ3n) is 8.54. The first-order valence-electron chi connectivity index (χ1n) is 16.3. The molecule has 0 unspecified atom stereocenters. The van der Waals surface area contributed by atoms with Crippen LogP contribution < -0.4 is 16.0 Å². The molecule has 0 radical (unpaired) electrons. The van der Waals surface area contributed by atoms with Crippen molar-refractivity contribution < 1.29 is 19.2 Å². The van der Waals surface area contributed by atoms with Gasteiger partial charge in [-0.1, -0.05) is 108 Å². The van der Waals surface area contributed by atoms with E-state index in [0.717, 1.165) is 31.2 Å². The Labute approximate surface area is 258 Å². The molecule has 1 saturated heterocycles. The van der Waals surface area contributed by atoms with E-state index in [9.17, 15) is 19.2 Å². The average Bonchev–Trinajstić information content (AvgIpc) is 3.42. The van der Waals surface area contributed by atoms with Crippen LogP contribution in [0.15, 0.2) is 54.6 Å². The van der Waals surface area contributed by atoms with E-state index >= 15 is 0 Å². The highest BCUT2D eigenvalue weighted by molar-refractivity contribution is 5.96. The third-order valence-corrected chi connectivity index (χ3v) is 8.54. The van der Waals surface area contributed by atoms with Crippen LogP contribution in [0.2, 0.25) is 0 Å². The number of hydrogen-bond donors (Lipinski definition) is 3. The van der Waals surface area contributed by atoms with E-state index in [0.29, 0.717) is 38.8 Å². The van der Waals surface area contributed by atoms with Gasteiger partial charge in [0.05, 0.1) is 0 Å².